The maximum Gasteiger partial charge on any atom is 0.407 e. The molecule has 1 saturated heterocycles. The van der Waals surface area contributed by atoms with Crippen molar-refractivity contribution in [3.8, 4) is 0 Å². The fourth-order valence-corrected chi connectivity index (χ4v) is 3.88. The molecule has 2 atom stereocenters. The lowest BCUT2D eigenvalue weighted by Crippen LogP contribution is -2.56. The zero-order valence-corrected chi connectivity index (χ0v) is 15.3. The average molecular weight is 330 g/mol. The number of hydrogen-bond donors (Lipinski definition) is 1. The number of likely N-dealkylation sites (tertiary alicyclic amines) is 1. The first-order chi connectivity index (χ1) is 11.3. The average Bonchev–Trinajstić information content (AvgIpc) is 3.24. The number of carbonyl (C=O) groups is 1. The van der Waals surface area contributed by atoms with Gasteiger partial charge in [0.25, 0.3) is 0 Å². The van der Waals surface area contributed by atoms with Gasteiger partial charge in [0.05, 0.1) is 0 Å². The molecule has 0 bridgehead atoms. The van der Waals surface area contributed by atoms with Gasteiger partial charge in [-0.15, -0.1) is 0 Å². The van der Waals surface area contributed by atoms with Gasteiger partial charge in [-0.25, -0.2) is 4.79 Å². The number of carbonyl (C=O) groups excluding carboxylic acids is 1. The van der Waals surface area contributed by atoms with Gasteiger partial charge in [-0.2, -0.15) is 0 Å². The number of nitrogens with one attached hydrogen (secondary N) is 1. The number of hydrogen-bond acceptors (Lipinski definition) is 3. The van der Waals surface area contributed by atoms with E-state index in [4.69, 9.17) is 4.74 Å². The Morgan fingerprint density at radius 1 is 1.29 bits per heavy atom. The summed E-state index contributed by atoms with van der Waals surface area (Å²) in [5, 5.41) is 3.13. The van der Waals surface area contributed by atoms with Crippen molar-refractivity contribution in [2.24, 2.45) is 11.3 Å². The SMILES string of the molecule is C[C@H]1[C@H](NC(=O)OC(C)(C)C)CN(Cc2ccccc2)CC12CC2. The topological polar surface area (TPSA) is 41.6 Å². The minimum atomic E-state index is -0.455. The van der Waals surface area contributed by atoms with Crippen LogP contribution in [0.2, 0.25) is 0 Å². The van der Waals surface area contributed by atoms with Crippen molar-refractivity contribution in [1.29, 1.82) is 0 Å². The number of piperidine rings is 1. The summed E-state index contributed by atoms with van der Waals surface area (Å²) in [7, 11) is 0. The van der Waals surface area contributed by atoms with Crippen LogP contribution >= 0.6 is 0 Å². The highest BCUT2D eigenvalue weighted by atomic mass is 16.6. The Morgan fingerprint density at radius 3 is 2.54 bits per heavy atom. The zero-order valence-electron chi connectivity index (χ0n) is 15.3. The lowest BCUT2D eigenvalue weighted by Gasteiger charge is -2.43. The van der Waals surface area contributed by atoms with Crippen molar-refractivity contribution in [2.75, 3.05) is 13.1 Å². The predicted molar refractivity (Wildman–Crippen MR) is 95.7 cm³/mol. The van der Waals surface area contributed by atoms with Gasteiger partial charge < -0.3 is 10.1 Å². The zero-order chi connectivity index (χ0) is 17.4. The van der Waals surface area contributed by atoms with Gasteiger partial charge in [0.15, 0.2) is 0 Å². The maximum atomic E-state index is 12.2. The van der Waals surface area contributed by atoms with Crippen LogP contribution in [-0.4, -0.2) is 35.7 Å². The molecule has 24 heavy (non-hydrogen) atoms. The molecule has 1 amide bonds. The lowest BCUT2D eigenvalue weighted by atomic mass is 9.80. The molecule has 1 N–H and O–H groups in total. The molecular formula is C20H30N2O2. The van der Waals surface area contributed by atoms with Gasteiger partial charge in [-0.1, -0.05) is 37.3 Å². The Balaban J connectivity index is 1.66. The second-order valence-corrected chi connectivity index (χ2v) is 8.56. The molecule has 4 heteroatoms. The largest absolute Gasteiger partial charge is 0.444 e. The van der Waals surface area contributed by atoms with Crippen molar-refractivity contribution < 1.29 is 9.53 Å². The third-order valence-electron chi connectivity index (χ3n) is 5.41. The van der Waals surface area contributed by atoms with E-state index in [1.165, 1.54) is 18.4 Å². The number of nitrogens with zero attached hydrogens (tertiary/aromatic N) is 1. The summed E-state index contributed by atoms with van der Waals surface area (Å²) in [6.07, 6.45) is 2.24. The summed E-state index contributed by atoms with van der Waals surface area (Å²) < 4.78 is 5.46. The summed E-state index contributed by atoms with van der Waals surface area (Å²) in [5.41, 5.74) is 1.26. The molecular weight excluding hydrogens is 300 g/mol. The van der Waals surface area contributed by atoms with Crippen LogP contribution in [0.3, 0.4) is 0 Å². The Morgan fingerprint density at radius 2 is 1.96 bits per heavy atom. The van der Waals surface area contributed by atoms with Crippen LogP contribution < -0.4 is 5.32 Å². The molecule has 0 aromatic heterocycles. The highest BCUT2D eigenvalue weighted by Crippen LogP contribution is 2.55. The molecule has 4 nitrogen and oxygen atoms in total. The molecule has 0 radical (unpaired) electrons. The van der Waals surface area contributed by atoms with Crippen molar-refractivity contribution >= 4 is 6.09 Å². The first-order valence-corrected chi connectivity index (χ1v) is 9.03. The second-order valence-electron chi connectivity index (χ2n) is 8.56. The first kappa shape index (κ1) is 17.3. The second kappa shape index (κ2) is 6.40. The standard InChI is InChI=1S/C20H30N2O2/c1-15-17(21-18(23)24-19(2,3)4)13-22(14-20(15)10-11-20)12-16-8-6-5-7-9-16/h5-9,15,17H,10-14H2,1-4H3,(H,21,23)/t15-,17+/m0/s1. The molecule has 1 aromatic rings. The van der Waals surface area contributed by atoms with E-state index >= 15 is 0 Å². The third-order valence-corrected chi connectivity index (χ3v) is 5.41. The summed E-state index contributed by atoms with van der Waals surface area (Å²) in [5.74, 6) is 0.497. The van der Waals surface area contributed by atoms with Gasteiger partial charge in [0, 0.05) is 25.7 Å². The molecule has 1 aliphatic carbocycles. The van der Waals surface area contributed by atoms with E-state index in [0.29, 0.717) is 11.3 Å². The van der Waals surface area contributed by atoms with Gasteiger partial charge in [0.1, 0.15) is 5.60 Å². The number of ether oxygens (including phenoxy) is 1. The van der Waals surface area contributed by atoms with E-state index in [1.54, 1.807) is 0 Å². The van der Waals surface area contributed by atoms with Crippen molar-refractivity contribution in [2.45, 2.75) is 58.7 Å². The Bertz CT molecular complexity index is 575. The van der Waals surface area contributed by atoms with Crippen LogP contribution in [0.15, 0.2) is 30.3 Å². The van der Waals surface area contributed by atoms with Gasteiger partial charge in [-0.05, 0) is 50.5 Å². The summed E-state index contributed by atoms with van der Waals surface area (Å²) in [4.78, 5) is 14.7. The Hall–Kier alpha value is -1.55. The van der Waals surface area contributed by atoms with Crippen LogP contribution in [0.1, 0.15) is 46.1 Å². The molecule has 0 unspecified atom stereocenters. The van der Waals surface area contributed by atoms with Crippen LogP contribution in [0, 0.1) is 11.3 Å². The van der Waals surface area contributed by atoms with Crippen molar-refractivity contribution in [3.05, 3.63) is 35.9 Å². The molecule has 2 fully saturated rings. The lowest BCUT2D eigenvalue weighted by molar-refractivity contribution is 0.0320. The van der Waals surface area contributed by atoms with E-state index in [9.17, 15) is 4.79 Å². The van der Waals surface area contributed by atoms with Crippen LogP contribution in [0.4, 0.5) is 4.79 Å². The number of benzene rings is 1. The maximum absolute atomic E-state index is 12.2. The van der Waals surface area contributed by atoms with Gasteiger partial charge >= 0.3 is 6.09 Å². The third kappa shape index (κ3) is 4.10. The van der Waals surface area contributed by atoms with E-state index in [-0.39, 0.29) is 12.1 Å². The smallest absolute Gasteiger partial charge is 0.407 e. The van der Waals surface area contributed by atoms with Crippen LogP contribution in [-0.2, 0) is 11.3 Å². The van der Waals surface area contributed by atoms with E-state index in [1.807, 2.05) is 20.8 Å². The molecule has 2 aliphatic rings. The van der Waals surface area contributed by atoms with Crippen molar-refractivity contribution in [1.82, 2.24) is 10.2 Å². The van der Waals surface area contributed by atoms with Crippen molar-refractivity contribution in [3.63, 3.8) is 0 Å². The number of alkyl carbamates (subject to hydrolysis) is 1. The highest BCUT2D eigenvalue weighted by molar-refractivity contribution is 5.68. The molecule has 1 saturated carbocycles. The number of amides is 1. The van der Waals surface area contributed by atoms with Gasteiger partial charge in [0.2, 0.25) is 0 Å². The summed E-state index contributed by atoms with van der Waals surface area (Å²) in [6.45, 7) is 11.0. The minimum Gasteiger partial charge on any atom is -0.444 e. The molecule has 3 rings (SSSR count). The molecule has 1 aliphatic heterocycles. The molecule has 1 heterocycles. The number of rotatable bonds is 3. The van der Waals surface area contributed by atoms with E-state index < -0.39 is 5.60 Å². The normalized spacial score (nSPS) is 26.2. The minimum absolute atomic E-state index is 0.153. The molecule has 1 spiro atoms. The van der Waals surface area contributed by atoms with E-state index in [0.717, 1.165) is 19.6 Å². The predicted octanol–water partition coefficient (Wildman–Crippen LogP) is 3.81. The monoisotopic (exact) mass is 330 g/mol. The van der Waals surface area contributed by atoms with Gasteiger partial charge in [-0.3, -0.25) is 4.90 Å². The van der Waals surface area contributed by atoms with Crippen LogP contribution in [0.5, 0.6) is 0 Å². The molecule has 1 aromatic carbocycles. The first-order valence-electron chi connectivity index (χ1n) is 9.03. The summed E-state index contributed by atoms with van der Waals surface area (Å²) in [6, 6.07) is 10.7. The Labute approximate surface area is 145 Å². The Kier molecular flexibility index (Phi) is 4.60. The van der Waals surface area contributed by atoms with E-state index in [2.05, 4.69) is 47.5 Å². The van der Waals surface area contributed by atoms with Crippen LogP contribution in [0.25, 0.3) is 0 Å². The fourth-order valence-electron chi connectivity index (χ4n) is 3.88. The summed E-state index contributed by atoms with van der Waals surface area (Å²) >= 11 is 0. The fraction of sp³-hybridized carbons (Fsp3) is 0.650. The highest BCUT2D eigenvalue weighted by Gasteiger charge is 2.54. The molecule has 132 valence electrons. The quantitative estimate of drug-likeness (QED) is 0.916.